The fourth-order valence-electron chi connectivity index (χ4n) is 1.40. The van der Waals surface area contributed by atoms with Crippen molar-refractivity contribution in [3.63, 3.8) is 0 Å². The molecule has 2 unspecified atom stereocenters. The molecule has 1 N–H and O–H groups in total. The highest BCUT2D eigenvalue weighted by molar-refractivity contribution is 5.93. The molecule has 1 aliphatic carbocycles. The van der Waals surface area contributed by atoms with Gasteiger partial charge in [-0.2, -0.15) is 5.26 Å². The van der Waals surface area contributed by atoms with E-state index >= 15 is 0 Å². The Balaban J connectivity index is 2.73. The van der Waals surface area contributed by atoms with E-state index in [0.717, 1.165) is 12.8 Å². The summed E-state index contributed by atoms with van der Waals surface area (Å²) in [5, 5.41) is 16.1. The molecule has 1 aliphatic rings. The Morgan fingerprint density at radius 1 is 1.82 bits per heavy atom. The zero-order valence-electron chi connectivity index (χ0n) is 6.67. The lowest BCUT2D eigenvalue weighted by atomic mass is 9.82. The number of rotatable bonds is 1. The summed E-state index contributed by atoms with van der Waals surface area (Å²) in [6.45, 7) is 2.07. The third kappa shape index (κ3) is 1.68. The molecular weight excluding hydrogens is 136 g/mol. The second kappa shape index (κ2) is 3.34. The highest BCUT2D eigenvalue weighted by Gasteiger charge is 2.21. The molecule has 0 bridgehead atoms. The summed E-state index contributed by atoms with van der Waals surface area (Å²) < 4.78 is 0. The van der Waals surface area contributed by atoms with Gasteiger partial charge in [0.05, 0.1) is 12.0 Å². The quantitative estimate of drug-likeness (QED) is 0.608. The predicted molar refractivity (Wildman–Crippen MR) is 44.4 cm³/mol. The van der Waals surface area contributed by atoms with Crippen LogP contribution >= 0.6 is 0 Å². The third-order valence-electron chi connectivity index (χ3n) is 2.17. The number of nitriles is 1. The van der Waals surface area contributed by atoms with Crippen molar-refractivity contribution in [1.29, 1.82) is 10.7 Å². The van der Waals surface area contributed by atoms with Gasteiger partial charge in [0.2, 0.25) is 0 Å². The molecule has 1 rings (SSSR count). The summed E-state index contributed by atoms with van der Waals surface area (Å²) in [6, 6.07) is 2.24. The maximum atomic E-state index is 8.71. The van der Waals surface area contributed by atoms with Crippen LogP contribution in [0, 0.1) is 28.6 Å². The summed E-state index contributed by atoms with van der Waals surface area (Å²) in [4.78, 5) is 0. The number of allylic oxidation sites excluding steroid dienone is 2. The van der Waals surface area contributed by atoms with Gasteiger partial charge in [0.15, 0.2) is 0 Å². The Hall–Kier alpha value is -1.10. The smallest absolute Gasteiger partial charge is 0.0700 e. The lowest BCUT2D eigenvalue weighted by molar-refractivity contribution is 0.456. The van der Waals surface area contributed by atoms with Gasteiger partial charge in [-0.3, -0.25) is 0 Å². The fraction of sp³-hybridized carbons (Fsp3) is 0.556. The van der Waals surface area contributed by atoms with Crippen molar-refractivity contribution in [2.75, 3.05) is 0 Å². The van der Waals surface area contributed by atoms with Crippen LogP contribution in [-0.2, 0) is 0 Å². The lowest BCUT2D eigenvalue weighted by Gasteiger charge is -2.20. The minimum absolute atomic E-state index is 0.0362. The first-order valence-electron chi connectivity index (χ1n) is 3.93. The maximum absolute atomic E-state index is 8.71. The molecule has 58 valence electrons. The average molecular weight is 148 g/mol. The van der Waals surface area contributed by atoms with Gasteiger partial charge in [-0.25, -0.2) is 0 Å². The highest BCUT2D eigenvalue weighted by Crippen LogP contribution is 2.24. The lowest BCUT2D eigenvalue weighted by Crippen LogP contribution is -2.18. The number of nitrogens with one attached hydrogen (secondary N) is 1. The molecule has 0 aromatic carbocycles. The van der Waals surface area contributed by atoms with Crippen molar-refractivity contribution in [1.82, 2.24) is 0 Å². The van der Waals surface area contributed by atoms with E-state index in [2.05, 4.69) is 13.0 Å². The van der Waals surface area contributed by atoms with Gasteiger partial charge >= 0.3 is 0 Å². The molecular formula is C9H12N2. The van der Waals surface area contributed by atoms with E-state index in [1.54, 1.807) is 6.08 Å². The van der Waals surface area contributed by atoms with E-state index in [1.165, 1.54) is 0 Å². The molecule has 0 aromatic rings. The van der Waals surface area contributed by atoms with Crippen LogP contribution in [0.4, 0.5) is 0 Å². The molecule has 11 heavy (non-hydrogen) atoms. The topological polar surface area (TPSA) is 47.6 Å². The summed E-state index contributed by atoms with van der Waals surface area (Å²) in [5.41, 5.74) is 0.656. The monoisotopic (exact) mass is 148 g/mol. The number of nitrogens with zero attached hydrogens (tertiary/aromatic N) is 1. The van der Waals surface area contributed by atoms with Gasteiger partial charge in [0.1, 0.15) is 0 Å². The van der Waals surface area contributed by atoms with Crippen molar-refractivity contribution < 1.29 is 0 Å². The number of hydrogen-bond acceptors (Lipinski definition) is 2. The van der Waals surface area contributed by atoms with Gasteiger partial charge in [-0.1, -0.05) is 19.4 Å². The minimum Gasteiger partial charge on any atom is -0.305 e. The van der Waals surface area contributed by atoms with Crippen molar-refractivity contribution >= 4 is 5.71 Å². The van der Waals surface area contributed by atoms with Crippen molar-refractivity contribution in [3.05, 3.63) is 12.2 Å². The van der Waals surface area contributed by atoms with Crippen LogP contribution in [0.2, 0.25) is 0 Å². The molecule has 0 saturated carbocycles. The molecule has 0 heterocycles. The van der Waals surface area contributed by atoms with Crippen LogP contribution in [0.5, 0.6) is 0 Å². The van der Waals surface area contributed by atoms with Crippen molar-refractivity contribution in [2.45, 2.75) is 19.8 Å². The first-order valence-corrected chi connectivity index (χ1v) is 3.93. The molecule has 2 atom stereocenters. The second-order valence-electron chi connectivity index (χ2n) is 2.91. The Kier molecular flexibility index (Phi) is 2.43. The molecule has 0 spiro atoms. The summed E-state index contributed by atoms with van der Waals surface area (Å²) >= 11 is 0. The average Bonchev–Trinajstić information content (AvgIpc) is 2.04. The standard InChI is InChI=1S/C9H12N2/c1-2-7-5-9(11)4-3-8(7)6-10/h3-4,7-8,11H,2,5H2,1H3. The van der Waals surface area contributed by atoms with Crippen LogP contribution in [0.3, 0.4) is 0 Å². The predicted octanol–water partition coefficient (Wildman–Crippen LogP) is 2.13. The molecule has 0 fully saturated rings. The zero-order chi connectivity index (χ0) is 8.27. The molecule has 0 aromatic heterocycles. The molecule has 0 aliphatic heterocycles. The number of hydrogen-bond donors (Lipinski definition) is 1. The molecule has 0 amide bonds. The normalized spacial score (nSPS) is 30.0. The van der Waals surface area contributed by atoms with Crippen LogP contribution in [0.1, 0.15) is 19.8 Å². The van der Waals surface area contributed by atoms with Gasteiger partial charge in [0, 0.05) is 5.71 Å². The Morgan fingerprint density at radius 3 is 3.09 bits per heavy atom. The Labute approximate surface area is 67.0 Å². The van der Waals surface area contributed by atoms with E-state index < -0.39 is 0 Å². The highest BCUT2D eigenvalue weighted by atomic mass is 14.4. The molecule has 2 nitrogen and oxygen atoms in total. The zero-order valence-corrected chi connectivity index (χ0v) is 6.67. The largest absolute Gasteiger partial charge is 0.305 e. The summed E-state index contributed by atoms with van der Waals surface area (Å²) in [7, 11) is 0. The van der Waals surface area contributed by atoms with Crippen LogP contribution in [0.25, 0.3) is 0 Å². The maximum Gasteiger partial charge on any atom is 0.0700 e. The molecule has 0 saturated heterocycles. The Bertz CT molecular complexity index is 222. The van der Waals surface area contributed by atoms with Crippen LogP contribution in [-0.4, -0.2) is 5.71 Å². The van der Waals surface area contributed by atoms with Gasteiger partial charge in [-0.05, 0) is 18.4 Å². The second-order valence-corrected chi connectivity index (χ2v) is 2.91. The summed E-state index contributed by atoms with van der Waals surface area (Å²) in [5.74, 6) is 0.409. The van der Waals surface area contributed by atoms with E-state index in [0.29, 0.717) is 11.6 Å². The van der Waals surface area contributed by atoms with Gasteiger partial charge in [0.25, 0.3) is 0 Å². The summed E-state index contributed by atoms with van der Waals surface area (Å²) in [6.07, 6.45) is 5.36. The molecule has 2 heteroatoms. The van der Waals surface area contributed by atoms with Gasteiger partial charge in [-0.15, -0.1) is 0 Å². The van der Waals surface area contributed by atoms with E-state index in [1.807, 2.05) is 6.08 Å². The van der Waals surface area contributed by atoms with Crippen LogP contribution in [0.15, 0.2) is 12.2 Å². The van der Waals surface area contributed by atoms with E-state index in [9.17, 15) is 0 Å². The molecule has 0 radical (unpaired) electrons. The van der Waals surface area contributed by atoms with E-state index in [4.69, 9.17) is 10.7 Å². The van der Waals surface area contributed by atoms with Crippen molar-refractivity contribution in [2.24, 2.45) is 11.8 Å². The third-order valence-corrected chi connectivity index (χ3v) is 2.17. The first-order chi connectivity index (χ1) is 5.27. The van der Waals surface area contributed by atoms with Crippen molar-refractivity contribution in [3.8, 4) is 6.07 Å². The Morgan fingerprint density at radius 2 is 2.55 bits per heavy atom. The van der Waals surface area contributed by atoms with E-state index in [-0.39, 0.29) is 5.92 Å². The minimum atomic E-state index is 0.0362. The fourth-order valence-corrected chi connectivity index (χ4v) is 1.40. The first kappa shape index (κ1) is 8.00. The SMILES string of the molecule is CCC1CC(=N)C=CC1C#N. The van der Waals surface area contributed by atoms with Crippen LogP contribution < -0.4 is 0 Å². The van der Waals surface area contributed by atoms with Gasteiger partial charge < -0.3 is 5.41 Å².